The predicted molar refractivity (Wildman–Crippen MR) is 76.2 cm³/mol. The minimum Gasteiger partial charge on any atom is -0.325 e. The minimum absolute atomic E-state index is 0.203. The van der Waals surface area contributed by atoms with E-state index in [4.69, 9.17) is 0 Å². The number of nitrogens with zero attached hydrogens (tertiary/aromatic N) is 1. The first-order valence-corrected chi connectivity index (χ1v) is 7.40. The molecule has 0 spiro atoms. The highest BCUT2D eigenvalue weighted by molar-refractivity contribution is 5.88. The third kappa shape index (κ3) is 3.25. The number of carbonyl (C=O) groups excluding carboxylic acids is 1. The molecule has 0 aliphatic carbocycles. The van der Waals surface area contributed by atoms with Crippen molar-refractivity contribution in [1.82, 2.24) is 10.2 Å². The van der Waals surface area contributed by atoms with Gasteiger partial charge in [0.25, 0.3) is 0 Å². The Kier molecular flexibility index (Phi) is 5.20. The molecule has 0 radical (unpaired) electrons. The van der Waals surface area contributed by atoms with Crippen LogP contribution in [-0.2, 0) is 4.79 Å². The van der Waals surface area contributed by atoms with Gasteiger partial charge < -0.3 is 4.90 Å². The highest BCUT2D eigenvalue weighted by Crippen LogP contribution is 2.27. The zero-order chi connectivity index (χ0) is 13.9. The summed E-state index contributed by atoms with van der Waals surface area (Å²) < 4.78 is 0. The van der Waals surface area contributed by atoms with E-state index in [0.29, 0.717) is 11.8 Å². The normalized spacial score (nSPS) is 28.8. The van der Waals surface area contributed by atoms with Crippen molar-refractivity contribution in [3.8, 4) is 0 Å². The van der Waals surface area contributed by atoms with E-state index in [2.05, 4.69) is 44.8 Å². The van der Waals surface area contributed by atoms with Crippen molar-refractivity contribution in [3.63, 3.8) is 0 Å². The van der Waals surface area contributed by atoms with Gasteiger partial charge >= 0.3 is 0 Å². The van der Waals surface area contributed by atoms with Crippen molar-refractivity contribution in [2.45, 2.75) is 72.5 Å². The quantitative estimate of drug-likeness (QED) is 0.790. The molecule has 1 aliphatic rings. The first-order valence-electron chi connectivity index (χ1n) is 7.40. The van der Waals surface area contributed by atoms with E-state index in [0.717, 1.165) is 19.4 Å². The summed E-state index contributed by atoms with van der Waals surface area (Å²) in [4.78, 5) is 14.6. The van der Waals surface area contributed by atoms with E-state index in [9.17, 15) is 4.79 Å². The van der Waals surface area contributed by atoms with Crippen LogP contribution in [0.1, 0.15) is 60.8 Å². The molecule has 2 atom stereocenters. The second-order valence-corrected chi connectivity index (χ2v) is 6.55. The van der Waals surface area contributed by atoms with Gasteiger partial charge in [-0.25, -0.2) is 0 Å². The molecule has 1 heterocycles. The molecule has 1 saturated heterocycles. The van der Waals surface area contributed by atoms with Crippen LogP contribution < -0.4 is 5.32 Å². The van der Waals surface area contributed by atoms with Crippen LogP contribution in [0.15, 0.2) is 0 Å². The van der Waals surface area contributed by atoms with Gasteiger partial charge in [-0.2, -0.15) is 0 Å². The SMILES string of the molecule is CCC1(C)NC(C(C)C)N(CCCC(C)C)C1=O. The molecular formula is C15H30N2O. The molecule has 1 N–H and O–H groups in total. The lowest BCUT2D eigenvalue weighted by Crippen LogP contribution is -2.45. The summed E-state index contributed by atoms with van der Waals surface area (Å²) in [7, 11) is 0. The Bertz CT molecular complexity index is 288. The average molecular weight is 254 g/mol. The molecule has 1 amide bonds. The fourth-order valence-corrected chi connectivity index (χ4v) is 2.60. The van der Waals surface area contributed by atoms with Crippen molar-refractivity contribution >= 4 is 5.91 Å². The van der Waals surface area contributed by atoms with E-state index in [1.54, 1.807) is 0 Å². The fourth-order valence-electron chi connectivity index (χ4n) is 2.60. The van der Waals surface area contributed by atoms with Gasteiger partial charge in [-0.1, -0.05) is 34.6 Å². The van der Waals surface area contributed by atoms with Crippen molar-refractivity contribution in [2.75, 3.05) is 6.54 Å². The molecule has 1 aliphatic heterocycles. The van der Waals surface area contributed by atoms with Crippen LogP contribution >= 0.6 is 0 Å². The third-order valence-corrected chi connectivity index (χ3v) is 4.05. The molecule has 106 valence electrons. The molecule has 0 aromatic rings. The van der Waals surface area contributed by atoms with Crippen LogP contribution in [0.4, 0.5) is 0 Å². The van der Waals surface area contributed by atoms with E-state index in [-0.39, 0.29) is 17.6 Å². The van der Waals surface area contributed by atoms with Gasteiger partial charge in [0, 0.05) is 6.54 Å². The zero-order valence-corrected chi connectivity index (χ0v) is 12.9. The molecule has 3 nitrogen and oxygen atoms in total. The third-order valence-electron chi connectivity index (χ3n) is 4.05. The molecule has 1 rings (SSSR count). The second kappa shape index (κ2) is 6.05. The van der Waals surface area contributed by atoms with E-state index >= 15 is 0 Å². The predicted octanol–water partition coefficient (Wildman–Crippen LogP) is 3.01. The van der Waals surface area contributed by atoms with Gasteiger partial charge in [0.1, 0.15) is 0 Å². The Balaban J connectivity index is 2.69. The Morgan fingerprint density at radius 3 is 2.39 bits per heavy atom. The van der Waals surface area contributed by atoms with Crippen molar-refractivity contribution in [1.29, 1.82) is 0 Å². The lowest BCUT2D eigenvalue weighted by molar-refractivity contribution is -0.133. The topological polar surface area (TPSA) is 32.3 Å². The summed E-state index contributed by atoms with van der Waals surface area (Å²) in [6.07, 6.45) is 3.36. The van der Waals surface area contributed by atoms with Crippen molar-refractivity contribution < 1.29 is 4.79 Å². The summed E-state index contributed by atoms with van der Waals surface area (Å²) in [5.74, 6) is 1.46. The smallest absolute Gasteiger partial charge is 0.243 e. The molecular weight excluding hydrogens is 224 g/mol. The summed E-state index contributed by atoms with van der Waals surface area (Å²) in [5, 5.41) is 3.53. The number of rotatable bonds is 6. The monoisotopic (exact) mass is 254 g/mol. The summed E-state index contributed by atoms with van der Waals surface area (Å²) in [5.41, 5.74) is -0.354. The average Bonchev–Trinajstić information content (AvgIpc) is 2.54. The van der Waals surface area contributed by atoms with Crippen LogP contribution in [0.2, 0.25) is 0 Å². The second-order valence-electron chi connectivity index (χ2n) is 6.55. The van der Waals surface area contributed by atoms with Crippen molar-refractivity contribution in [3.05, 3.63) is 0 Å². The maximum Gasteiger partial charge on any atom is 0.243 e. The van der Waals surface area contributed by atoms with Gasteiger partial charge in [0.05, 0.1) is 11.7 Å². The molecule has 3 heteroatoms. The van der Waals surface area contributed by atoms with E-state index < -0.39 is 0 Å². The molecule has 0 bridgehead atoms. The standard InChI is InChI=1S/C15H30N2O/c1-7-15(6)14(18)17(10-8-9-11(2)3)13(16-15)12(4)5/h11-13,16H,7-10H2,1-6H3. The molecule has 0 aromatic heterocycles. The zero-order valence-electron chi connectivity index (χ0n) is 12.9. The largest absolute Gasteiger partial charge is 0.325 e. The minimum atomic E-state index is -0.354. The van der Waals surface area contributed by atoms with Gasteiger partial charge in [0.15, 0.2) is 0 Å². The molecule has 0 saturated carbocycles. The van der Waals surface area contributed by atoms with Crippen LogP contribution in [-0.4, -0.2) is 29.1 Å². The van der Waals surface area contributed by atoms with Gasteiger partial charge in [-0.15, -0.1) is 0 Å². The highest BCUT2D eigenvalue weighted by Gasteiger charge is 2.47. The molecule has 1 fully saturated rings. The Morgan fingerprint density at radius 2 is 1.94 bits per heavy atom. The lowest BCUT2D eigenvalue weighted by atomic mass is 9.99. The first-order chi connectivity index (χ1) is 8.31. The molecule has 2 unspecified atom stereocenters. The maximum atomic E-state index is 12.5. The number of nitrogens with one attached hydrogen (secondary N) is 1. The summed E-state index contributed by atoms with van der Waals surface area (Å²) in [6, 6.07) is 0. The lowest BCUT2D eigenvalue weighted by Gasteiger charge is -2.27. The van der Waals surface area contributed by atoms with E-state index in [1.807, 2.05) is 6.92 Å². The van der Waals surface area contributed by atoms with E-state index in [1.165, 1.54) is 6.42 Å². The Labute approximate surface area is 112 Å². The first kappa shape index (κ1) is 15.5. The van der Waals surface area contributed by atoms with Gasteiger partial charge in [0.2, 0.25) is 5.91 Å². The number of carbonyl (C=O) groups is 1. The Hall–Kier alpha value is -0.570. The Morgan fingerprint density at radius 1 is 1.33 bits per heavy atom. The molecule has 0 aromatic carbocycles. The molecule has 18 heavy (non-hydrogen) atoms. The highest BCUT2D eigenvalue weighted by atomic mass is 16.2. The summed E-state index contributed by atoms with van der Waals surface area (Å²) in [6.45, 7) is 13.8. The maximum absolute atomic E-state index is 12.5. The number of amides is 1. The van der Waals surface area contributed by atoms with Crippen LogP contribution in [0.5, 0.6) is 0 Å². The van der Waals surface area contributed by atoms with Gasteiger partial charge in [-0.05, 0) is 38.0 Å². The van der Waals surface area contributed by atoms with Crippen LogP contribution in [0.25, 0.3) is 0 Å². The summed E-state index contributed by atoms with van der Waals surface area (Å²) >= 11 is 0. The van der Waals surface area contributed by atoms with Crippen LogP contribution in [0.3, 0.4) is 0 Å². The number of hydrogen-bond donors (Lipinski definition) is 1. The fraction of sp³-hybridized carbons (Fsp3) is 0.933. The van der Waals surface area contributed by atoms with Crippen molar-refractivity contribution in [2.24, 2.45) is 11.8 Å². The van der Waals surface area contributed by atoms with Gasteiger partial charge in [-0.3, -0.25) is 10.1 Å². The number of hydrogen-bond acceptors (Lipinski definition) is 2. The van der Waals surface area contributed by atoms with Crippen LogP contribution in [0, 0.1) is 11.8 Å².